The summed E-state index contributed by atoms with van der Waals surface area (Å²) in [6, 6.07) is 3.69. The zero-order valence-corrected chi connectivity index (χ0v) is 15.5. The number of benzene rings is 1. The van der Waals surface area contributed by atoms with Crippen molar-refractivity contribution < 1.29 is 8.78 Å². The van der Waals surface area contributed by atoms with E-state index in [1.54, 1.807) is 6.20 Å². The van der Waals surface area contributed by atoms with E-state index in [0.29, 0.717) is 5.56 Å². The molecule has 1 aliphatic heterocycles. The number of H-pyrrole nitrogens is 1. The second kappa shape index (κ2) is 7.23. The molecule has 0 unspecified atom stereocenters. The SMILES string of the molecule is Cc1nn(C)cc1CN1CCC[C@@H](c2[nH]ncc2-c2ccc(F)cc2F)C1. The van der Waals surface area contributed by atoms with E-state index >= 15 is 0 Å². The first-order chi connectivity index (χ1) is 13.0. The number of halogens is 2. The highest BCUT2D eigenvalue weighted by atomic mass is 19.1. The number of hydrogen-bond donors (Lipinski definition) is 1. The van der Waals surface area contributed by atoms with Crippen LogP contribution in [0.5, 0.6) is 0 Å². The molecule has 0 saturated carbocycles. The van der Waals surface area contributed by atoms with Gasteiger partial charge in [0, 0.05) is 60.7 Å². The zero-order chi connectivity index (χ0) is 19.0. The maximum absolute atomic E-state index is 14.3. The predicted molar refractivity (Wildman–Crippen MR) is 99.1 cm³/mol. The number of likely N-dealkylation sites (tertiary alicyclic amines) is 1. The highest BCUT2D eigenvalue weighted by Gasteiger charge is 2.26. The van der Waals surface area contributed by atoms with Crippen LogP contribution in [0.1, 0.15) is 35.7 Å². The Morgan fingerprint density at radius 1 is 1.26 bits per heavy atom. The molecule has 0 bridgehead atoms. The highest BCUT2D eigenvalue weighted by molar-refractivity contribution is 5.66. The Kier molecular flexibility index (Phi) is 4.78. The molecule has 1 aliphatic rings. The fourth-order valence-corrected chi connectivity index (χ4v) is 4.01. The van der Waals surface area contributed by atoms with Gasteiger partial charge in [-0.05, 0) is 38.4 Å². The molecular weight excluding hydrogens is 348 g/mol. The Morgan fingerprint density at radius 3 is 2.85 bits per heavy atom. The van der Waals surface area contributed by atoms with Crippen LogP contribution in [0.2, 0.25) is 0 Å². The summed E-state index contributed by atoms with van der Waals surface area (Å²) in [7, 11) is 1.93. The molecule has 0 spiro atoms. The number of nitrogens with one attached hydrogen (secondary N) is 1. The van der Waals surface area contributed by atoms with E-state index in [1.165, 1.54) is 17.7 Å². The molecule has 27 heavy (non-hydrogen) atoms. The first-order valence-corrected chi connectivity index (χ1v) is 9.21. The van der Waals surface area contributed by atoms with Gasteiger partial charge in [-0.1, -0.05) is 0 Å². The fourth-order valence-electron chi connectivity index (χ4n) is 4.01. The van der Waals surface area contributed by atoms with Crippen molar-refractivity contribution in [2.45, 2.75) is 32.2 Å². The van der Waals surface area contributed by atoms with Gasteiger partial charge in [-0.25, -0.2) is 8.78 Å². The minimum absolute atomic E-state index is 0.234. The van der Waals surface area contributed by atoms with Crippen LogP contribution in [0.15, 0.2) is 30.6 Å². The summed E-state index contributed by atoms with van der Waals surface area (Å²) in [6.45, 7) is 4.77. The van der Waals surface area contributed by atoms with Crippen molar-refractivity contribution in [2.75, 3.05) is 13.1 Å². The molecule has 0 aliphatic carbocycles. The van der Waals surface area contributed by atoms with E-state index in [1.807, 2.05) is 18.7 Å². The molecule has 0 radical (unpaired) electrons. The lowest BCUT2D eigenvalue weighted by atomic mass is 9.90. The second-order valence-corrected chi connectivity index (χ2v) is 7.31. The van der Waals surface area contributed by atoms with Crippen LogP contribution in [-0.4, -0.2) is 38.0 Å². The lowest BCUT2D eigenvalue weighted by Crippen LogP contribution is -2.34. The van der Waals surface area contributed by atoms with E-state index in [4.69, 9.17) is 0 Å². The minimum atomic E-state index is -0.572. The van der Waals surface area contributed by atoms with Crippen molar-refractivity contribution in [1.29, 1.82) is 0 Å². The van der Waals surface area contributed by atoms with Crippen LogP contribution < -0.4 is 0 Å². The lowest BCUT2D eigenvalue weighted by Gasteiger charge is -2.32. The smallest absolute Gasteiger partial charge is 0.134 e. The van der Waals surface area contributed by atoms with Gasteiger partial charge in [-0.15, -0.1) is 0 Å². The second-order valence-electron chi connectivity index (χ2n) is 7.31. The normalized spacial score (nSPS) is 18.1. The Morgan fingerprint density at radius 2 is 2.11 bits per heavy atom. The van der Waals surface area contributed by atoms with E-state index < -0.39 is 11.6 Å². The molecule has 3 heterocycles. The van der Waals surface area contributed by atoms with Gasteiger partial charge in [0.2, 0.25) is 0 Å². The first kappa shape index (κ1) is 17.9. The number of aromatic amines is 1. The van der Waals surface area contributed by atoms with Gasteiger partial charge < -0.3 is 0 Å². The number of aromatic nitrogens is 4. The molecule has 0 amide bonds. The summed E-state index contributed by atoms with van der Waals surface area (Å²) in [6.07, 6.45) is 5.78. The third-order valence-corrected chi connectivity index (χ3v) is 5.31. The molecule has 7 heteroatoms. The molecule has 1 N–H and O–H groups in total. The molecule has 1 saturated heterocycles. The van der Waals surface area contributed by atoms with Crippen molar-refractivity contribution in [3.8, 4) is 11.1 Å². The Hall–Kier alpha value is -2.54. The standard InChI is InChI=1S/C20H23F2N5/c1-13-15(10-26(2)25-13)12-27-7-3-4-14(11-27)20-18(9-23-24-20)17-6-5-16(21)8-19(17)22/h5-6,8-10,14H,3-4,7,11-12H2,1-2H3,(H,23,24)/t14-/m1/s1. The summed E-state index contributed by atoms with van der Waals surface area (Å²) >= 11 is 0. The largest absolute Gasteiger partial charge is 0.298 e. The summed E-state index contributed by atoms with van der Waals surface area (Å²) < 4.78 is 29.4. The molecule has 4 rings (SSSR count). The summed E-state index contributed by atoms with van der Waals surface area (Å²) in [4.78, 5) is 2.41. The van der Waals surface area contributed by atoms with Gasteiger partial charge in [-0.3, -0.25) is 14.7 Å². The average Bonchev–Trinajstić information content (AvgIpc) is 3.22. The predicted octanol–water partition coefficient (Wildman–Crippen LogP) is 3.78. The third kappa shape index (κ3) is 3.64. The summed E-state index contributed by atoms with van der Waals surface area (Å²) in [5.41, 5.74) is 4.31. The molecule has 2 aromatic heterocycles. The number of piperidine rings is 1. The average molecular weight is 371 g/mol. The monoisotopic (exact) mass is 371 g/mol. The number of hydrogen-bond acceptors (Lipinski definition) is 3. The van der Waals surface area contributed by atoms with Crippen molar-refractivity contribution >= 4 is 0 Å². The lowest BCUT2D eigenvalue weighted by molar-refractivity contribution is 0.198. The van der Waals surface area contributed by atoms with Crippen LogP contribution in [0, 0.1) is 18.6 Å². The number of rotatable bonds is 4. The fraction of sp³-hybridized carbons (Fsp3) is 0.400. The minimum Gasteiger partial charge on any atom is -0.298 e. The van der Waals surface area contributed by atoms with Gasteiger partial charge in [0.15, 0.2) is 0 Å². The number of aryl methyl sites for hydroxylation is 2. The molecule has 3 aromatic rings. The van der Waals surface area contributed by atoms with E-state index in [0.717, 1.165) is 55.5 Å². The number of nitrogens with zero attached hydrogens (tertiary/aromatic N) is 4. The summed E-state index contributed by atoms with van der Waals surface area (Å²) in [5, 5.41) is 11.6. The van der Waals surface area contributed by atoms with Gasteiger partial charge in [-0.2, -0.15) is 10.2 Å². The van der Waals surface area contributed by atoms with Crippen LogP contribution in [-0.2, 0) is 13.6 Å². The van der Waals surface area contributed by atoms with Gasteiger partial charge in [0.05, 0.1) is 11.9 Å². The van der Waals surface area contributed by atoms with Crippen LogP contribution in [0.4, 0.5) is 8.78 Å². The Bertz CT molecular complexity index is 946. The third-order valence-electron chi connectivity index (χ3n) is 5.31. The molecule has 1 aromatic carbocycles. The van der Waals surface area contributed by atoms with Crippen molar-refractivity contribution in [1.82, 2.24) is 24.9 Å². The molecule has 1 fully saturated rings. The summed E-state index contributed by atoms with van der Waals surface area (Å²) in [5.74, 6) is -0.897. The Balaban J connectivity index is 1.55. The van der Waals surface area contributed by atoms with Crippen LogP contribution >= 0.6 is 0 Å². The van der Waals surface area contributed by atoms with Crippen molar-refractivity contribution in [3.05, 3.63) is 59.2 Å². The van der Waals surface area contributed by atoms with Crippen molar-refractivity contribution in [3.63, 3.8) is 0 Å². The zero-order valence-electron chi connectivity index (χ0n) is 15.5. The molecular formula is C20H23F2N5. The molecule has 5 nitrogen and oxygen atoms in total. The maximum Gasteiger partial charge on any atom is 0.134 e. The molecule has 142 valence electrons. The first-order valence-electron chi connectivity index (χ1n) is 9.21. The van der Waals surface area contributed by atoms with E-state index in [-0.39, 0.29) is 5.92 Å². The van der Waals surface area contributed by atoms with E-state index in [9.17, 15) is 8.78 Å². The van der Waals surface area contributed by atoms with Crippen LogP contribution in [0.25, 0.3) is 11.1 Å². The quantitative estimate of drug-likeness (QED) is 0.759. The Labute approximate surface area is 157 Å². The van der Waals surface area contributed by atoms with Gasteiger partial charge >= 0.3 is 0 Å². The van der Waals surface area contributed by atoms with Crippen molar-refractivity contribution in [2.24, 2.45) is 7.05 Å². The van der Waals surface area contributed by atoms with Gasteiger partial charge in [0.1, 0.15) is 11.6 Å². The van der Waals surface area contributed by atoms with Crippen LogP contribution in [0.3, 0.4) is 0 Å². The highest BCUT2D eigenvalue weighted by Crippen LogP contribution is 2.34. The van der Waals surface area contributed by atoms with Gasteiger partial charge in [0.25, 0.3) is 0 Å². The van der Waals surface area contributed by atoms with E-state index in [2.05, 4.69) is 26.4 Å². The molecule has 1 atom stereocenters. The topological polar surface area (TPSA) is 49.7 Å². The maximum atomic E-state index is 14.3.